The molecule has 3 rings (SSSR count). The maximum atomic E-state index is 6.03. The second-order valence-electron chi connectivity index (χ2n) is 3.85. The van der Waals surface area contributed by atoms with Gasteiger partial charge in [0.1, 0.15) is 10.3 Å². The molecule has 0 bridgehead atoms. The Bertz CT molecular complexity index is 754. The summed E-state index contributed by atoms with van der Waals surface area (Å²) in [5.41, 5.74) is 1.79. The highest BCUT2D eigenvalue weighted by molar-refractivity contribution is 14.1. The maximum absolute atomic E-state index is 6.03. The van der Waals surface area contributed by atoms with Crippen molar-refractivity contribution in [2.45, 2.75) is 0 Å². The molecule has 6 heteroatoms. The Balaban J connectivity index is 2.19. The topological polar surface area (TPSA) is 38.7 Å². The van der Waals surface area contributed by atoms with Crippen LogP contribution < -0.4 is 0 Å². The second-order valence-corrected chi connectivity index (χ2v) is 5.65. The zero-order valence-corrected chi connectivity index (χ0v) is 13.1. The summed E-state index contributed by atoms with van der Waals surface area (Å²) in [7, 11) is 0. The van der Waals surface area contributed by atoms with Crippen LogP contribution in [-0.2, 0) is 0 Å². The largest absolute Gasteiger partial charge is 0.256 e. The standard InChI is InChI=1S/C13H6Cl2IN3/c14-11-10(16)12(15)19-13(18-11)8-3-4-9-7(6-8)2-1-5-17-9/h1-6H. The molecule has 0 saturated carbocycles. The van der Waals surface area contributed by atoms with Crippen molar-refractivity contribution >= 4 is 56.7 Å². The quantitative estimate of drug-likeness (QED) is 0.441. The smallest absolute Gasteiger partial charge is 0.162 e. The van der Waals surface area contributed by atoms with Gasteiger partial charge in [-0.2, -0.15) is 0 Å². The molecule has 2 aromatic heterocycles. The van der Waals surface area contributed by atoms with Crippen LogP contribution in [0.25, 0.3) is 22.3 Å². The summed E-state index contributed by atoms with van der Waals surface area (Å²) in [6.07, 6.45) is 1.76. The molecule has 0 fully saturated rings. The first-order valence-electron chi connectivity index (χ1n) is 5.39. The lowest BCUT2D eigenvalue weighted by Gasteiger charge is -2.05. The van der Waals surface area contributed by atoms with Crippen molar-refractivity contribution in [2.75, 3.05) is 0 Å². The van der Waals surface area contributed by atoms with Crippen LogP contribution >= 0.6 is 45.8 Å². The molecule has 0 unspecified atom stereocenters. The number of halogens is 3. The third-order valence-corrected chi connectivity index (χ3v) is 4.84. The lowest BCUT2D eigenvalue weighted by atomic mass is 10.1. The van der Waals surface area contributed by atoms with E-state index in [0.29, 0.717) is 19.7 Å². The fraction of sp³-hybridized carbons (Fsp3) is 0. The molecule has 3 nitrogen and oxygen atoms in total. The second kappa shape index (κ2) is 5.19. The SMILES string of the molecule is Clc1nc(-c2ccc3ncccc3c2)nc(Cl)c1I. The molecule has 0 amide bonds. The van der Waals surface area contributed by atoms with Gasteiger partial charge in [0, 0.05) is 17.1 Å². The number of pyridine rings is 1. The van der Waals surface area contributed by atoms with Crippen molar-refractivity contribution in [3.05, 3.63) is 50.4 Å². The van der Waals surface area contributed by atoms with Crippen molar-refractivity contribution in [3.8, 4) is 11.4 Å². The van der Waals surface area contributed by atoms with Crippen LogP contribution in [0.3, 0.4) is 0 Å². The van der Waals surface area contributed by atoms with Gasteiger partial charge in [-0.1, -0.05) is 29.3 Å². The fourth-order valence-corrected chi connectivity index (χ4v) is 2.37. The van der Waals surface area contributed by atoms with Crippen LogP contribution in [0.15, 0.2) is 36.5 Å². The molecule has 0 saturated heterocycles. The Labute approximate surface area is 133 Å². The molecule has 0 atom stereocenters. The third kappa shape index (κ3) is 2.52. The maximum Gasteiger partial charge on any atom is 0.162 e. The van der Waals surface area contributed by atoms with Crippen molar-refractivity contribution in [1.82, 2.24) is 15.0 Å². The number of aromatic nitrogens is 3. The molecule has 2 heterocycles. The lowest BCUT2D eigenvalue weighted by Crippen LogP contribution is -1.94. The minimum absolute atomic E-state index is 0.363. The molecule has 0 aliphatic heterocycles. The van der Waals surface area contributed by atoms with E-state index in [1.165, 1.54) is 0 Å². The van der Waals surface area contributed by atoms with E-state index < -0.39 is 0 Å². The van der Waals surface area contributed by atoms with E-state index in [2.05, 4.69) is 15.0 Å². The third-order valence-electron chi connectivity index (χ3n) is 2.63. The van der Waals surface area contributed by atoms with Crippen LogP contribution in [0.5, 0.6) is 0 Å². The van der Waals surface area contributed by atoms with Gasteiger partial charge in [-0.15, -0.1) is 0 Å². The minimum atomic E-state index is 0.363. The molecule has 0 aliphatic carbocycles. The van der Waals surface area contributed by atoms with Gasteiger partial charge >= 0.3 is 0 Å². The van der Waals surface area contributed by atoms with Gasteiger partial charge in [0.05, 0.1) is 9.09 Å². The van der Waals surface area contributed by atoms with Crippen LogP contribution in [-0.4, -0.2) is 15.0 Å². The number of benzene rings is 1. The monoisotopic (exact) mass is 401 g/mol. The Morgan fingerprint density at radius 1 is 1.00 bits per heavy atom. The van der Waals surface area contributed by atoms with Crippen molar-refractivity contribution < 1.29 is 0 Å². The molecule has 0 aliphatic rings. The van der Waals surface area contributed by atoms with Crippen LogP contribution in [0, 0.1) is 3.57 Å². The van der Waals surface area contributed by atoms with Gasteiger partial charge < -0.3 is 0 Å². The highest BCUT2D eigenvalue weighted by Gasteiger charge is 2.10. The summed E-state index contributed by atoms with van der Waals surface area (Å²) in [5, 5.41) is 1.75. The zero-order valence-electron chi connectivity index (χ0n) is 9.44. The van der Waals surface area contributed by atoms with Crippen molar-refractivity contribution in [2.24, 2.45) is 0 Å². The Kier molecular flexibility index (Phi) is 3.56. The highest BCUT2D eigenvalue weighted by Crippen LogP contribution is 2.27. The van der Waals surface area contributed by atoms with Gasteiger partial charge in [-0.3, -0.25) is 4.98 Å². The molecule has 0 spiro atoms. The van der Waals surface area contributed by atoms with E-state index in [1.54, 1.807) is 6.20 Å². The van der Waals surface area contributed by atoms with Gasteiger partial charge in [-0.25, -0.2) is 9.97 Å². The normalized spacial score (nSPS) is 10.9. The fourth-order valence-electron chi connectivity index (χ4n) is 1.74. The molecular formula is C13H6Cl2IN3. The van der Waals surface area contributed by atoms with Crippen LogP contribution in [0.2, 0.25) is 10.3 Å². The van der Waals surface area contributed by atoms with E-state index in [1.807, 2.05) is 52.9 Å². The Hall–Kier alpha value is -0.980. The zero-order chi connectivity index (χ0) is 13.4. The van der Waals surface area contributed by atoms with Gasteiger partial charge in [0.15, 0.2) is 5.82 Å². The Morgan fingerprint density at radius 2 is 1.74 bits per heavy atom. The number of hydrogen-bond acceptors (Lipinski definition) is 3. The molecule has 0 N–H and O–H groups in total. The lowest BCUT2D eigenvalue weighted by molar-refractivity contribution is 1.16. The predicted octanol–water partition coefficient (Wildman–Crippen LogP) is 4.60. The van der Waals surface area contributed by atoms with Gasteiger partial charge in [0.25, 0.3) is 0 Å². The van der Waals surface area contributed by atoms with Gasteiger partial charge in [0.2, 0.25) is 0 Å². The highest BCUT2D eigenvalue weighted by atomic mass is 127. The first kappa shape index (κ1) is 13.0. The predicted molar refractivity (Wildman–Crippen MR) is 85.5 cm³/mol. The summed E-state index contributed by atoms with van der Waals surface area (Å²) >= 11 is 14.1. The van der Waals surface area contributed by atoms with Gasteiger partial charge in [-0.05, 0) is 46.9 Å². The average Bonchev–Trinajstić information content (AvgIpc) is 2.43. The Morgan fingerprint density at radius 3 is 2.47 bits per heavy atom. The van der Waals surface area contributed by atoms with Crippen LogP contribution in [0.1, 0.15) is 0 Å². The average molecular weight is 402 g/mol. The molecule has 94 valence electrons. The summed E-state index contributed by atoms with van der Waals surface area (Å²) in [5.74, 6) is 0.515. The summed E-state index contributed by atoms with van der Waals surface area (Å²) in [4.78, 5) is 12.8. The molecule has 0 radical (unpaired) electrons. The molecule has 19 heavy (non-hydrogen) atoms. The first-order valence-corrected chi connectivity index (χ1v) is 7.22. The van der Waals surface area contributed by atoms with E-state index in [4.69, 9.17) is 23.2 Å². The first-order chi connectivity index (χ1) is 9.15. The minimum Gasteiger partial charge on any atom is -0.256 e. The number of nitrogens with zero attached hydrogens (tertiary/aromatic N) is 3. The number of fused-ring (bicyclic) bond motifs is 1. The van der Waals surface area contributed by atoms with E-state index >= 15 is 0 Å². The van der Waals surface area contributed by atoms with Crippen LogP contribution in [0.4, 0.5) is 0 Å². The van der Waals surface area contributed by atoms with E-state index in [9.17, 15) is 0 Å². The summed E-state index contributed by atoms with van der Waals surface area (Å²) < 4.78 is 0.659. The van der Waals surface area contributed by atoms with Crippen molar-refractivity contribution in [1.29, 1.82) is 0 Å². The van der Waals surface area contributed by atoms with E-state index in [0.717, 1.165) is 16.5 Å². The molecule has 3 aromatic rings. The van der Waals surface area contributed by atoms with E-state index in [-0.39, 0.29) is 0 Å². The number of hydrogen-bond donors (Lipinski definition) is 0. The molecule has 1 aromatic carbocycles. The molecular weight excluding hydrogens is 396 g/mol. The van der Waals surface area contributed by atoms with Crippen molar-refractivity contribution in [3.63, 3.8) is 0 Å². The summed E-state index contributed by atoms with van der Waals surface area (Å²) in [6.45, 7) is 0. The number of rotatable bonds is 1. The summed E-state index contributed by atoms with van der Waals surface area (Å²) in [6, 6.07) is 9.68.